The van der Waals surface area contributed by atoms with Gasteiger partial charge >= 0.3 is 25.7 Å². The quantitative estimate of drug-likeness (QED) is 0.0231. The third-order valence-corrected chi connectivity index (χ3v) is 10.5. The fourth-order valence-electron chi connectivity index (χ4n) is 5.89. The van der Waals surface area contributed by atoms with Gasteiger partial charge in [-0.1, -0.05) is 164 Å². The first-order valence-electron chi connectivity index (χ1n) is 22.8. The van der Waals surface area contributed by atoms with E-state index in [4.69, 9.17) is 24.8 Å². The summed E-state index contributed by atoms with van der Waals surface area (Å²) in [5.74, 6) is -2.47. The van der Waals surface area contributed by atoms with Crippen LogP contribution in [0.1, 0.15) is 187 Å². The molecule has 0 heterocycles. The second-order valence-corrected chi connectivity index (χ2v) is 16.6. The second kappa shape index (κ2) is 41.9. The van der Waals surface area contributed by atoms with Crippen molar-refractivity contribution in [2.24, 2.45) is 5.73 Å². The van der Waals surface area contributed by atoms with E-state index in [1.165, 1.54) is 96.3 Å². The molecule has 0 rings (SSSR count). The van der Waals surface area contributed by atoms with Crippen LogP contribution < -0.4 is 5.73 Å². The van der Waals surface area contributed by atoms with Gasteiger partial charge in [0, 0.05) is 12.8 Å². The lowest BCUT2D eigenvalue weighted by atomic mass is 10.1. The van der Waals surface area contributed by atoms with Crippen molar-refractivity contribution in [3.05, 3.63) is 60.8 Å². The molecule has 0 aromatic rings. The highest BCUT2D eigenvalue weighted by atomic mass is 31.2. The van der Waals surface area contributed by atoms with Crippen LogP contribution in [0.2, 0.25) is 0 Å². The molecule has 0 aliphatic rings. The average molecular weight is 852 g/mol. The van der Waals surface area contributed by atoms with E-state index < -0.39 is 51.1 Å². The molecule has 0 bridgehead atoms. The molecule has 0 radical (unpaired) electrons. The summed E-state index contributed by atoms with van der Waals surface area (Å²) < 4.78 is 32.6. The molecule has 0 aliphatic carbocycles. The molecule has 12 heteroatoms. The van der Waals surface area contributed by atoms with Crippen molar-refractivity contribution in [1.82, 2.24) is 0 Å². The van der Waals surface area contributed by atoms with Gasteiger partial charge in [0.25, 0.3) is 0 Å². The number of nitrogens with two attached hydrogens (primary N) is 1. The first kappa shape index (κ1) is 56.2. The number of carboxylic acids is 1. The van der Waals surface area contributed by atoms with E-state index in [9.17, 15) is 23.8 Å². The molecule has 0 saturated carbocycles. The van der Waals surface area contributed by atoms with Crippen LogP contribution in [0.25, 0.3) is 0 Å². The molecule has 0 aliphatic heterocycles. The van der Waals surface area contributed by atoms with Crippen LogP contribution in [0.5, 0.6) is 0 Å². The molecule has 11 nitrogen and oxygen atoms in total. The predicted octanol–water partition coefficient (Wildman–Crippen LogP) is 12.3. The van der Waals surface area contributed by atoms with E-state index in [2.05, 4.69) is 67.0 Å². The molecule has 340 valence electrons. The Hall–Kier alpha value is -2.82. The molecular formula is C47H82NO10P. The Balaban J connectivity index is 4.34. The molecule has 0 aromatic heterocycles. The van der Waals surface area contributed by atoms with Gasteiger partial charge in [0.2, 0.25) is 0 Å². The zero-order chi connectivity index (χ0) is 43.5. The van der Waals surface area contributed by atoms with E-state index >= 15 is 0 Å². The van der Waals surface area contributed by atoms with Crippen LogP contribution in [-0.4, -0.2) is 59.9 Å². The van der Waals surface area contributed by atoms with Crippen LogP contribution in [0.4, 0.5) is 0 Å². The van der Waals surface area contributed by atoms with Crippen LogP contribution in [0.3, 0.4) is 0 Å². The third-order valence-electron chi connectivity index (χ3n) is 9.50. The number of hydrogen-bond donors (Lipinski definition) is 3. The van der Waals surface area contributed by atoms with Gasteiger partial charge in [-0.2, -0.15) is 0 Å². The maximum absolute atomic E-state index is 12.6. The lowest BCUT2D eigenvalue weighted by Gasteiger charge is -2.20. The Bertz CT molecular complexity index is 1230. The zero-order valence-electron chi connectivity index (χ0n) is 36.8. The highest BCUT2D eigenvalue weighted by Gasteiger charge is 2.28. The SMILES string of the molecule is CCCCC/C=C/C/C=C/C/C=C/CCCCCCCCCCCC(=O)OCC(COP(=O)(O)OC[C@@H](N)C(=O)O)OC(=O)CC/C=C/C/C=C/CCCCCCCC. The number of esters is 2. The second-order valence-electron chi connectivity index (χ2n) is 15.2. The number of unbranched alkanes of at least 4 members (excludes halogenated alkanes) is 18. The minimum Gasteiger partial charge on any atom is -0.480 e. The lowest BCUT2D eigenvalue weighted by molar-refractivity contribution is -0.161. The maximum Gasteiger partial charge on any atom is 0.472 e. The number of hydrogen-bond acceptors (Lipinski definition) is 9. The van der Waals surface area contributed by atoms with Crippen LogP contribution in [-0.2, 0) is 37.5 Å². The van der Waals surface area contributed by atoms with Gasteiger partial charge in [-0.15, -0.1) is 0 Å². The van der Waals surface area contributed by atoms with Crippen LogP contribution in [0.15, 0.2) is 60.8 Å². The fourth-order valence-corrected chi connectivity index (χ4v) is 6.67. The number of carbonyl (C=O) groups excluding carboxylic acids is 2. The van der Waals surface area contributed by atoms with Crippen molar-refractivity contribution in [3.63, 3.8) is 0 Å². The summed E-state index contributed by atoms with van der Waals surface area (Å²) >= 11 is 0. The van der Waals surface area contributed by atoms with Crippen molar-refractivity contribution in [3.8, 4) is 0 Å². The van der Waals surface area contributed by atoms with Crippen LogP contribution in [0, 0.1) is 0 Å². The third kappa shape index (κ3) is 41.7. The summed E-state index contributed by atoms with van der Waals surface area (Å²) in [7, 11) is -4.73. The molecule has 0 spiro atoms. The summed E-state index contributed by atoms with van der Waals surface area (Å²) in [5.41, 5.74) is 5.33. The minimum absolute atomic E-state index is 0.0520. The number of carbonyl (C=O) groups is 3. The fraction of sp³-hybridized carbons (Fsp3) is 0.723. The van der Waals surface area contributed by atoms with Gasteiger partial charge in [0.15, 0.2) is 6.10 Å². The smallest absolute Gasteiger partial charge is 0.472 e. The standard InChI is InChI=1S/C47H82NO10P/c1-3-5-7-9-11-13-15-17-18-19-20-21-22-23-24-25-27-28-30-32-34-36-38-45(49)55-40-43(41-56-59(53,54)57-42-44(48)47(51)52)58-46(50)39-37-35-33-31-29-26-16-14-12-10-8-6-4-2/h11,13,17-18,20-21,26,29,33,35,43-44H,3-10,12,14-16,19,22-25,27-28,30-32,34,36-42,48H2,1-2H3,(H,51,52)(H,53,54)/b13-11+,18-17+,21-20+,29-26+,35-33+/t43?,44-/m1/s1. The van der Waals surface area contributed by atoms with Gasteiger partial charge in [0.1, 0.15) is 12.6 Å². The average Bonchev–Trinajstić information content (AvgIpc) is 3.21. The van der Waals surface area contributed by atoms with Gasteiger partial charge in [-0.3, -0.25) is 23.4 Å². The van der Waals surface area contributed by atoms with Crippen molar-refractivity contribution < 1.29 is 47.5 Å². The first-order chi connectivity index (χ1) is 28.6. The van der Waals surface area contributed by atoms with Gasteiger partial charge in [0.05, 0.1) is 13.2 Å². The first-order valence-corrected chi connectivity index (χ1v) is 24.3. The highest BCUT2D eigenvalue weighted by Crippen LogP contribution is 2.43. The van der Waals surface area contributed by atoms with Crippen molar-refractivity contribution in [1.29, 1.82) is 0 Å². The molecule has 0 fully saturated rings. The summed E-state index contributed by atoms with van der Waals surface area (Å²) in [6.07, 6.45) is 48.7. The highest BCUT2D eigenvalue weighted by molar-refractivity contribution is 7.47. The number of ether oxygens (including phenoxy) is 2. The Morgan fingerprint density at radius 1 is 0.525 bits per heavy atom. The van der Waals surface area contributed by atoms with Crippen molar-refractivity contribution >= 4 is 25.7 Å². The van der Waals surface area contributed by atoms with E-state index in [1.807, 2.05) is 12.2 Å². The molecule has 2 unspecified atom stereocenters. The molecule has 4 N–H and O–H groups in total. The van der Waals surface area contributed by atoms with Crippen molar-refractivity contribution in [2.45, 2.75) is 199 Å². The zero-order valence-corrected chi connectivity index (χ0v) is 37.7. The molecular weight excluding hydrogens is 769 g/mol. The van der Waals surface area contributed by atoms with Crippen LogP contribution >= 0.6 is 7.82 Å². The summed E-state index contributed by atoms with van der Waals surface area (Å²) in [6.45, 7) is 2.70. The van der Waals surface area contributed by atoms with Gasteiger partial charge in [-0.05, 0) is 70.6 Å². The Morgan fingerprint density at radius 3 is 1.44 bits per heavy atom. The summed E-state index contributed by atoms with van der Waals surface area (Å²) in [6, 6.07) is -1.53. The van der Waals surface area contributed by atoms with Gasteiger partial charge < -0.3 is 25.2 Å². The number of allylic oxidation sites excluding steroid dienone is 10. The molecule has 0 amide bonds. The van der Waals surface area contributed by atoms with E-state index in [-0.39, 0.29) is 19.4 Å². The Morgan fingerprint density at radius 2 is 0.932 bits per heavy atom. The van der Waals surface area contributed by atoms with E-state index in [0.717, 1.165) is 51.4 Å². The predicted molar refractivity (Wildman–Crippen MR) is 240 cm³/mol. The molecule has 59 heavy (non-hydrogen) atoms. The number of phosphoric acid groups is 1. The number of phosphoric ester groups is 1. The number of rotatable bonds is 42. The van der Waals surface area contributed by atoms with E-state index in [0.29, 0.717) is 12.8 Å². The van der Waals surface area contributed by atoms with Gasteiger partial charge in [-0.25, -0.2) is 4.57 Å². The molecule has 3 atom stereocenters. The lowest BCUT2D eigenvalue weighted by Crippen LogP contribution is -2.34. The summed E-state index contributed by atoms with van der Waals surface area (Å²) in [5, 5.41) is 8.89. The largest absolute Gasteiger partial charge is 0.480 e. The van der Waals surface area contributed by atoms with Crippen molar-refractivity contribution in [2.75, 3.05) is 19.8 Å². The number of aliphatic carboxylic acids is 1. The maximum atomic E-state index is 12.6. The van der Waals surface area contributed by atoms with E-state index in [1.54, 1.807) is 0 Å². The Kier molecular flexibility index (Phi) is 39.9. The summed E-state index contributed by atoms with van der Waals surface area (Å²) in [4.78, 5) is 45.9. The topological polar surface area (TPSA) is 172 Å². The number of carboxylic acid groups (broad SMARTS) is 1. The monoisotopic (exact) mass is 852 g/mol. The Labute approximate surface area is 357 Å². The molecule has 0 aromatic carbocycles. The molecule has 0 saturated heterocycles. The normalized spacial score (nSPS) is 14.2. The minimum atomic E-state index is -4.73.